The number of rotatable bonds is 5. The van der Waals surface area contributed by atoms with Crippen LogP contribution in [0.15, 0.2) is 24.5 Å². The molecule has 0 spiro atoms. The van der Waals surface area contributed by atoms with Crippen LogP contribution in [0, 0.1) is 0 Å². The van der Waals surface area contributed by atoms with Gasteiger partial charge in [0, 0.05) is 31.0 Å². The quantitative estimate of drug-likeness (QED) is 0.582. The minimum atomic E-state index is 0.281. The zero-order valence-electron chi connectivity index (χ0n) is 7.11. The topological polar surface area (TPSA) is 49.7 Å². The van der Waals surface area contributed by atoms with Gasteiger partial charge in [0.2, 0.25) is 0 Å². The van der Waals surface area contributed by atoms with Crippen molar-refractivity contribution in [2.75, 3.05) is 13.2 Å². The van der Waals surface area contributed by atoms with Crippen molar-refractivity contribution in [3.8, 4) is 0 Å². The van der Waals surface area contributed by atoms with E-state index in [0.717, 1.165) is 19.5 Å². The summed E-state index contributed by atoms with van der Waals surface area (Å²) in [4.78, 5) is 4.01. The molecule has 0 amide bonds. The highest BCUT2D eigenvalue weighted by Gasteiger charge is 1.93. The van der Waals surface area contributed by atoms with Crippen molar-refractivity contribution in [3.05, 3.63) is 30.1 Å². The first kappa shape index (κ1) is 9.16. The number of nitrogens with zero attached hydrogens (tertiary/aromatic N) is 1. The van der Waals surface area contributed by atoms with E-state index in [1.54, 1.807) is 6.20 Å². The van der Waals surface area contributed by atoms with Gasteiger partial charge in [0.15, 0.2) is 0 Å². The molecule has 1 aromatic rings. The number of pyridine rings is 1. The number of aliphatic hydroxyl groups excluding tert-OH is 1. The van der Waals surface area contributed by atoms with Gasteiger partial charge in [-0.3, -0.25) is 4.98 Å². The summed E-state index contributed by atoms with van der Waals surface area (Å²) < 4.78 is 0. The molecule has 0 fully saturated rings. The number of hydrogen-bond donors (Lipinski definition) is 2. The van der Waals surface area contributed by atoms with Crippen molar-refractivity contribution >= 4 is 0 Å². The van der Waals surface area contributed by atoms with Gasteiger partial charge in [0.1, 0.15) is 6.54 Å². The van der Waals surface area contributed by atoms with Gasteiger partial charge in [-0.15, -0.1) is 0 Å². The third kappa shape index (κ3) is 3.46. The molecule has 0 saturated carbocycles. The zero-order chi connectivity index (χ0) is 8.65. The second-order valence-electron chi connectivity index (χ2n) is 2.72. The number of aliphatic hydroxyl groups is 1. The first-order chi connectivity index (χ1) is 5.93. The highest BCUT2D eigenvalue weighted by molar-refractivity contribution is 5.06. The second-order valence-corrected chi connectivity index (χ2v) is 2.72. The van der Waals surface area contributed by atoms with E-state index in [-0.39, 0.29) is 6.61 Å². The summed E-state index contributed by atoms with van der Waals surface area (Å²) in [5.74, 6) is 0. The van der Waals surface area contributed by atoms with Crippen molar-refractivity contribution in [2.45, 2.75) is 13.0 Å². The van der Waals surface area contributed by atoms with Crippen LogP contribution in [-0.4, -0.2) is 23.2 Å². The molecule has 3 heteroatoms. The molecular formula is C9H15N2O+. The van der Waals surface area contributed by atoms with Crippen molar-refractivity contribution in [2.24, 2.45) is 0 Å². The smallest absolute Gasteiger partial charge is 0.103 e. The molecule has 0 aromatic carbocycles. The predicted octanol–water partition coefficient (Wildman–Crippen LogP) is -0.473. The van der Waals surface area contributed by atoms with Gasteiger partial charge in [0.05, 0.1) is 6.54 Å². The summed E-state index contributed by atoms with van der Waals surface area (Å²) in [5.41, 5.74) is 1.23. The van der Waals surface area contributed by atoms with Crippen LogP contribution in [0.5, 0.6) is 0 Å². The van der Waals surface area contributed by atoms with Gasteiger partial charge < -0.3 is 10.4 Å². The Morgan fingerprint density at radius 2 is 2.42 bits per heavy atom. The van der Waals surface area contributed by atoms with Crippen LogP contribution in [0.25, 0.3) is 0 Å². The lowest BCUT2D eigenvalue weighted by Gasteiger charge is -1.99. The zero-order valence-corrected chi connectivity index (χ0v) is 7.11. The van der Waals surface area contributed by atoms with E-state index in [9.17, 15) is 0 Å². The molecule has 0 radical (unpaired) electrons. The summed E-state index contributed by atoms with van der Waals surface area (Å²) in [6.07, 6.45) is 4.51. The largest absolute Gasteiger partial charge is 0.396 e. The Morgan fingerprint density at radius 1 is 1.50 bits per heavy atom. The number of hydrogen-bond acceptors (Lipinski definition) is 2. The molecular weight excluding hydrogens is 152 g/mol. The lowest BCUT2D eigenvalue weighted by Crippen LogP contribution is -2.82. The Balaban J connectivity index is 2.16. The molecule has 3 N–H and O–H groups in total. The lowest BCUT2D eigenvalue weighted by molar-refractivity contribution is -0.671. The van der Waals surface area contributed by atoms with Crippen LogP contribution in [0.2, 0.25) is 0 Å². The Labute approximate surface area is 72.5 Å². The van der Waals surface area contributed by atoms with E-state index < -0.39 is 0 Å². The van der Waals surface area contributed by atoms with Gasteiger partial charge in [-0.25, -0.2) is 0 Å². The predicted molar refractivity (Wildman–Crippen MR) is 46.4 cm³/mol. The normalized spacial score (nSPS) is 10.1. The Kier molecular flexibility index (Phi) is 4.34. The van der Waals surface area contributed by atoms with Crippen molar-refractivity contribution in [1.82, 2.24) is 4.98 Å². The van der Waals surface area contributed by atoms with Crippen LogP contribution in [0.1, 0.15) is 12.0 Å². The molecule has 1 heterocycles. The highest BCUT2D eigenvalue weighted by Crippen LogP contribution is 1.90. The molecule has 0 aliphatic heterocycles. The molecule has 0 saturated heterocycles. The minimum absolute atomic E-state index is 0.281. The third-order valence-corrected chi connectivity index (χ3v) is 1.67. The maximum absolute atomic E-state index is 8.53. The standard InChI is InChI=1S/C9H14N2O/c12-6-2-5-11-8-9-3-1-4-10-7-9/h1,3-4,7,11-12H,2,5-6,8H2/p+1. The van der Waals surface area contributed by atoms with E-state index >= 15 is 0 Å². The van der Waals surface area contributed by atoms with E-state index in [4.69, 9.17) is 5.11 Å². The number of aromatic nitrogens is 1. The van der Waals surface area contributed by atoms with Gasteiger partial charge in [-0.05, 0) is 6.07 Å². The molecule has 0 aliphatic carbocycles. The number of nitrogens with two attached hydrogens (primary N) is 1. The molecule has 1 rings (SSSR count). The summed E-state index contributed by atoms with van der Waals surface area (Å²) >= 11 is 0. The van der Waals surface area contributed by atoms with Crippen LogP contribution in [0.4, 0.5) is 0 Å². The maximum Gasteiger partial charge on any atom is 0.103 e. The van der Waals surface area contributed by atoms with E-state index in [1.165, 1.54) is 5.56 Å². The monoisotopic (exact) mass is 167 g/mol. The first-order valence-corrected chi connectivity index (χ1v) is 4.25. The van der Waals surface area contributed by atoms with E-state index in [1.807, 2.05) is 12.3 Å². The summed E-state index contributed by atoms with van der Waals surface area (Å²) in [7, 11) is 0. The van der Waals surface area contributed by atoms with Gasteiger partial charge in [0.25, 0.3) is 0 Å². The fraction of sp³-hybridized carbons (Fsp3) is 0.444. The van der Waals surface area contributed by atoms with Gasteiger partial charge in [-0.1, -0.05) is 6.07 Å². The average Bonchev–Trinajstić information content (AvgIpc) is 2.14. The highest BCUT2D eigenvalue weighted by atomic mass is 16.3. The Bertz CT molecular complexity index is 201. The van der Waals surface area contributed by atoms with Crippen LogP contribution >= 0.6 is 0 Å². The molecule has 12 heavy (non-hydrogen) atoms. The summed E-state index contributed by atoms with van der Waals surface area (Å²) in [6, 6.07) is 4.00. The third-order valence-electron chi connectivity index (χ3n) is 1.67. The molecule has 0 unspecified atom stereocenters. The van der Waals surface area contributed by atoms with Crippen LogP contribution in [0.3, 0.4) is 0 Å². The second kappa shape index (κ2) is 5.69. The molecule has 0 aliphatic rings. The summed E-state index contributed by atoms with van der Waals surface area (Å²) in [5, 5.41) is 10.7. The van der Waals surface area contributed by atoms with Crippen LogP contribution in [-0.2, 0) is 6.54 Å². The fourth-order valence-electron chi connectivity index (χ4n) is 1.02. The SMILES string of the molecule is OCCC[NH2+]Cc1cccnc1. The molecule has 0 atom stereocenters. The number of quaternary nitrogens is 1. The van der Waals surface area contributed by atoms with Crippen molar-refractivity contribution in [3.63, 3.8) is 0 Å². The fourth-order valence-corrected chi connectivity index (χ4v) is 1.02. The maximum atomic E-state index is 8.53. The van der Waals surface area contributed by atoms with E-state index in [0.29, 0.717) is 0 Å². The Morgan fingerprint density at radius 3 is 3.08 bits per heavy atom. The Hall–Kier alpha value is -0.930. The molecule has 1 aromatic heterocycles. The lowest BCUT2D eigenvalue weighted by atomic mass is 10.3. The van der Waals surface area contributed by atoms with Gasteiger partial charge >= 0.3 is 0 Å². The van der Waals surface area contributed by atoms with E-state index in [2.05, 4.69) is 16.4 Å². The average molecular weight is 167 g/mol. The molecule has 0 bridgehead atoms. The molecule has 3 nitrogen and oxygen atoms in total. The first-order valence-electron chi connectivity index (χ1n) is 4.25. The van der Waals surface area contributed by atoms with Crippen LogP contribution < -0.4 is 5.32 Å². The van der Waals surface area contributed by atoms with Crippen molar-refractivity contribution in [1.29, 1.82) is 0 Å². The molecule has 66 valence electrons. The van der Waals surface area contributed by atoms with Gasteiger partial charge in [-0.2, -0.15) is 0 Å². The summed E-state index contributed by atoms with van der Waals surface area (Å²) in [6.45, 7) is 2.21. The minimum Gasteiger partial charge on any atom is -0.396 e. The van der Waals surface area contributed by atoms with Crippen molar-refractivity contribution < 1.29 is 10.4 Å².